The van der Waals surface area contributed by atoms with Crippen molar-refractivity contribution < 1.29 is 4.79 Å². The summed E-state index contributed by atoms with van der Waals surface area (Å²) in [5.41, 5.74) is 0.221. The van der Waals surface area contributed by atoms with Crippen molar-refractivity contribution in [2.75, 3.05) is 13.6 Å². The summed E-state index contributed by atoms with van der Waals surface area (Å²) in [7, 11) is 2.01. The lowest BCUT2D eigenvalue weighted by atomic mass is 9.95. The summed E-state index contributed by atoms with van der Waals surface area (Å²) >= 11 is 0. The molecule has 0 spiro atoms. The maximum absolute atomic E-state index is 12.0. The molecule has 0 unspecified atom stereocenters. The third kappa shape index (κ3) is 7.37. The molecule has 3 nitrogen and oxygen atoms in total. The van der Waals surface area contributed by atoms with E-state index in [1.165, 1.54) is 0 Å². The minimum atomic E-state index is -0.0615. The van der Waals surface area contributed by atoms with Crippen LogP contribution in [0.1, 0.15) is 54.4 Å². The largest absolute Gasteiger partial charge is 0.352 e. The Hall–Kier alpha value is -0.570. The van der Waals surface area contributed by atoms with E-state index in [1.54, 1.807) is 0 Å². The van der Waals surface area contributed by atoms with Gasteiger partial charge in [-0.2, -0.15) is 0 Å². The van der Waals surface area contributed by atoms with Crippen molar-refractivity contribution in [2.24, 2.45) is 5.41 Å². The SMILES string of the molecule is CCC[C@H](C)NC(=O)[C@H](C)N(C)CC(C)(C)C. The van der Waals surface area contributed by atoms with Gasteiger partial charge >= 0.3 is 0 Å². The Bertz CT molecular complexity index is 233. The molecule has 1 N–H and O–H groups in total. The van der Waals surface area contributed by atoms with Crippen LogP contribution < -0.4 is 5.32 Å². The molecule has 0 fully saturated rings. The molecule has 0 aliphatic carbocycles. The van der Waals surface area contributed by atoms with Crippen LogP contribution >= 0.6 is 0 Å². The van der Waals surface area contributed by atoms with Crippen molar-refractivity contribution in [3.63, 3.8) is 0 Å². The molecule has 0 radical (unpaired) electrons. The van der Waals surface area contributed by atoms with Gasteiger partial charge in [-0.05, 0) is 32.7 Å². The minimum absolute atomic E-state index is 0.0615. The Labute approximate surface area is 107 Å². The molecule has 0 aromatic heterocycles. The molecule has 0 bridgehead atoms. The molecule has 0 aromatic carbocycles. The van der Waals surface area contributed by atoms with Crippen LogP contribution in [0.25, 0.3) is 0 Å². The van der Waals surface area contributed by atoms with Gasteiger partial charge in [0.2, 0.25) is 5.91 Å². The zero-order valence-electron chi connectivity index (χ0n) is 12.6. The highest BCUT2D eigenvalue weighted by Gasteiger charge is 2.23. The summed E-state index contributed by atoms with van der Waals surface area (Å²) in [6.07, 6.45) is 2.15. The van der Waals surface area contributed by atoms with E-state index in [4.69, 9.17) is 0 Å². The number of likely N-dealkylation sites (N-methyl/N-ethyl adjacent to an activating group) is 1. The van der Waals surface area contributed by atoms with Crippen molar-refractivity contribution in [1.29, 1.82) is 0 Å². The van der Waals surface area contributed by atoms with Crippen LogP contribution in [0.2, 0.25) is 0 Å². The number of amides is 1. The fourth-order valence-electron chi connectivity index (χ4n) is 1.95. The van der Waals surface area contributed by atoms with E-state index in [-0.39, 0.29) is 23.4 Å². The van der Waals surface area contributed by atoms with Crippen LogP contribution in [0, 0.1) is 5.41 Å². The quantitative estimate of drug-likeness (QED) is 0.776. The summed E-state index contributed by atoms with van der Waals surface area (Å²) in [5, 5.41) is 3.07. The monoisotopic (exact) mass is 242 g/mol. The van der Waals surface area contributed by atoms with E-state index < -0.39 is 0 Å². The van der Waals surface area contributed by atoms with E-state index in [1.807, 2.05) is 14.0 Å². The van der Waals surface area contributed by atoms with Crippen LogP contribution in [0.3, 0.4) is 0 Å². The van der Waals surface area contributed by atoms with Gasteiger partial charge in [-0.15, -0.1) is 0 Å². The van der Waals surface area contributed by atoms with Crippen LogP contribution in [0.5, 0.6) is 0 Å². The van der Waals surface area contributed by atoms with Crippen LogP contribution in [0.4, 0.5) is 0 Å². The lowest BCUT2D eigenvalue weighted by Gasteiger charge is -2.31. The molecule has 2 atom stereocenters. The van der Waals surface area contributed by atoms with Gasteiger partial charge in [-0.1, -0.05) is 34.1 Å². The molecule has 102 valence electrons. The van der Waals surface area contributed by atoms with Gasteiger partial charge in [0.05, 0.1) is 6.04 Å². The van der Waals surface area contributed by atoms with Crippen molar-refractivity contribution >= 4 is 5.91 Å². The Balaban J connectivity index is 4.20. The van der Waals surface area contributed by atoms with Gasteiger partial charge < -0.3 is 5.32 Å². The van der Waals surface area contributed by atoms with Gasteiger partial charge in [-0.3, -0.25) is 9.69 Å². The second kappa shape index (κ2) is 7.00. The molecule has 0 aromatic rings. The number of nitrogens with zero attached hydrogens (tertiary/aromatic N) is 1. The Morgan fingerprint density at radius 1 is 1.29 bits per heavy atom. The van der Waals surface area contributed by atoms with Crippen molar-refractivity contribution in [3.05, 3.63) is 0 Å². The highest BCUT2D eigenvalue weighted by Crippen LogP contribution is 2.15. The lowest BCUT2D eigenvalue weighted by Crippen LogP contribution is -2.48. The zero-order valence-corrected chi connectivity index (χ0v) is 12.6. The number of carbonyl (C=O) groups is 1. The maximum Gasteiger partial charge on any atom is 0.237 e. The Morgan fingerprint density at radius 2 is 1.82 bits per heavy atom. The first-order chi connectivity index (χ1) is 7.67. The molecule has 0 saturated carbocycles. The Kier molecular flexibility index (Phi) is 6.76. The molecule has 0 heterocycles. The molecule has 3 heteroatoms. The van der Waals surface area contributed by atoms with E-state index in [0.717, 1.165) is 19.4 Å². The van der Waals surface area contributed by atoms with Crippen molar-refractivity contribution in [1.82, 2.24) is 10.2 Å². The number of carbonyl (C=O) groups excluding carboxylic acids is 1. The first-order valence-electron chi connectivity index (χ1n) is 6.68. The summed E-state index contributed by atoms with van der Waals surface area (Å²) in [5.74, 6) is 0.137. The molecule has 1 amide bonds. The minimum Gasteiger partial charge on any atom is -0.352 e. The number of hydrogen-bond acceptors (Lipinski definition) is 2. The first-order valence-corrected chi connectivity index (χ1v) is 6.68. The van der Waals surface area contributed by atoms with Gasteiger partial charge in [0.1, 0.15) is 0 Å². The van der Waals surface area contributed by atoms with Crippen LogP contribution in [-0.4, -0.2) is 36.5 Å². The van der Waals surface area contributed by atoms with Crippen LogP contribution in [-0.2, 0) is 4.79 Å². The summed E-state index contributed by atoms with van der Waals surface area (Å²) in [6, 6.07) is 0.214. The normalized spacial score (nSPS) is 15.8. The highest BCUT2D eigenvalue weighted by atomic mass is 16.2. The predicted molar refractivity (Wildman–Crippen MR) is 74.1 cm³/mol. The third-order valence-corrected chi connectivity index (χ3v) is 2.87. The fraction of sp³-hybridized carbons (Fsp3) is 0.929. The van der Waals surface area contributed by atoms with E-state index >= 15 is 0 Å². The number of rotatable bonds is 6. The van der Waals surface area contributed by atoms with E-state index in [9.17, 15) is 4.79 Å². The first kappa shape index (κ1) is 16.4. The van der Waals surface area contributed by atoms with Gasteiger partial charge in [-0.25, -0.2) is 0 Å². The van der Waals surface area contributed by atoms with Gasteiger partial charge in [0.25, 0.3) is 0 Å². The van der Waals surface area contributed by atoms with E-state index in [2.05, 4.69) is 44.8 Å². The van der Waals surface area contributed by atoms with Gasteiger partial charge in [0.15, 0.2) is 0 Å². The maximum atomic E-state index is 12.0. The molecule has 0 aliphatic heterocycles. The smallest absolute Gasteiger partial charge is 0.237 e. The average molecular weight is 242 g/mol. The Morgan fingerprint density at radius 3 is 2.24 bits per heavy atom. The lowest BCUT2D eigenvalue weighted by molar-refractivity contribution is -0.126. The third-order valence-electron chi connectivity index (χ3n) is 2.87. The average Bonchev–Trinajstić information content (AvgIpc) is 2.13. The van der Waals surface area contributed by atoms with Crippen molar-refractivity contribution in [3.8, 4) is 0 Å². The predicted octanol–water partition coefficient (Wildman–Crippen LogP) is 2.66. The second-order valence-electron chi connectivity index (χ2n) is 6.35. The number of hydrogen-bond donors (Lipinski definition) is 1. The number of nitrogens with one attached hydrogen (secondary N) is 1. The molecule has 0 aliphatic rings. The van der Waals surface area contributed by atoms with Gasteiger partial charge in [0, 0.05) is 12.6 Å². The molecular formula is C14H30N2O. The standard InChI is InChI=1S/C14H30N2O/c1-8-9-11(2)15-13(17)12(3)16(7)10-14(4,5)6/h11-12H,8-10H2,1-7H3,(H,15,17)/t11-,12-/m0/s1. The van der Waals surface area contributed by atoms with Crippen molar-refractivity contribution in [2.45, 2.75) is 66.5 Å². The zero-order chi connectivity index (χ0) is 13.6. The summed E-state index contributed by atoms with van der Waals surface area (Å²) in [6.45, 7) is 13.7. The topological polar surface area (TPSA) is 32.3 Å². The van der Waals surface area contributed by atoms with Crippen LogP contribution in [0.15, 0.2) is 0 Å². The molecule has 17 heavy (non-hydrogen) atoms. The van der Waals surface area contributed by atoms with E-state index in [0.29, 0.717) is 0 Å². The molecule has 0 saturated heterocycles. The second-order valence-corrected chi connectivity index (χ2v) is 6.35. The molecule has 0 rings (SSSR count). The summed E-state index contributed by atoms with van der Waals surface area (Å²) < 4.78 is 0. The highest BCUT2D eigenvalue weighted by molar-refractivity contribution is 5.81. The molecular weight excluding hydrogens is 212 g/mol. The summed E-state index contributed by atoms with van der Waals surface area (Å²) in [4.78, 5) is 14.1. The fourth-order valence-corrected chi connectivity index (χ4v) is 1.95.